The van der Waals surface area contributed by atoms with Crippen molar-refractivity contribution < 1.29 is 9.59 Å². The number of carbonyl (C=O) groups is 2. The van der Waals surface area contributed by atoms with E-state index in [1.807, 2.05) is 0 Å². The van der Waals surface area contributed by atoms with E-state index in [9.17, 15) is 9.59 Å². The molecule has 2 fully saturated rings. The number of nitrogens with two attached hydrogens (primary N) is 1. The quantitative estimate of drug-likeness (QED) is 0.743. The van der Waals surface area contributed by atoms with Crippen LogP contribution in [0.25, 0.3) is 0 Å². The van der Waals surface area contributed by atoms with Crippen LogP contribution in [0.15, 0.2) is 0 Å². The Labute approximate surface area is 89.8 Å². The lowest BCUT2D eigenvalue weighted by Gasteiger charge is -2.29. The van der Waals surface area contributed by atoms with Crippen molar-refractivity contribution in [3.8, 4) is 0 Å². The second-order valence-corrected chi connectivity index (χ2v) is 4.65. The van der Waals surface area contributed by atoms with Gasteiger partial charge in [-0.2, -0.15) is 0 Å². The van der Waals surface area contributed by atoms with Crippen LogP contribution in [0.1, 0.15) is 38.5 Å². The average molecular weight is 210 g/mol. The average Bonchev–Trinajstić information content (AvgIpc) is 2.59. The van der Waals surface area contributed by atoms with Gasteiger partial charge in [0, 0.05) is 13.0 Å². The third-order valence-electron chi connectivity index (χ3n) is 3.59. The molecule has 2 aliphatic rings. The van der Waals surface area contributed by atoms with E-state index in [4.69, 9.17) is 5.73 Å². The predicted molar refractivity (Wildman–Crippen MR) is 55.9 cm³/mol. The maximum absolute atomic E-state index is 11.9. The monoisotopic (exact) mass is 210 g/mol. The lowest BCUT2D eigenvalue weighted by Crippen LogP contribution is -2.44. The van der Waals surface area contributed by atoms with Crippen molar-refractivity contribution >= 4 is 11.8 Å². The molecule has 0 radical (unpaired) electrons. The van der Waals surface area contributed by atoms with Crippen LogP contribution in [0.4, 0.5) is 0 Å². The van der Waals surface area contributed by atoms with Gasteiger partial charge in [0.2, 0.25) is 11.8 Å². The lowest BCUT2D eigenvalue weighted by molar-refractivity contribution is -0.138. The number of amides is 2. The number of primary amides is 1. The van der Waals surface area contributed by atoms with Gasteiger partial charge in [-0.25, -0.2) is 0 Å². The number of likely N-dealkylation sites (tertiary alicyclic amines) is 1. The van der Waals surface area contributed by atoms with Gasteiger partial charge < -0.3 is 10.6 Å². The molecular weight excluding hydrogens is 192 g/mol. The molecule has 0 spiro atoms. The molecular formula is C11H18N2O2. The first-order valence-corrected chi connectivity index (χ1v) is 5.77. The first-order chi connectivity index (χ1) is 7.18. The van der Waals surface area contributed by atoms with Crippen LogP contribution in [0, 0.1) is 5.92 Å². The molecule has 1 atom stereocenters. The lowest BCUT2D eigenvalue weighted by atomic mass is 9.82. The Bertz CT molecular complexity index is 274. The van der Waals surface area contributed by atoms with E-state index in [0.717, 1.165) is 12.8 Å². The number of hydrogen-bond acceptors (Lipinski definition) is 2. The zero-order valence-electron chi connectivity index (χ0n) is 8.95. The van der Waals surface area contributed by atoms with Crippen molar-refractivity contribution in [3.05, 3.63) is 0 Å². The first kappa shape index (κ1) is 10.5. The van der Waals surface area contributed by atoms with E-state index in [1.165, 1.54) is 19.3 Å². The summed E-state index contributed by atoms with van der Waals surface area (Å²) >= 11 is 0. The first-order valence-electron chi connectivity index (χ1n) is 5.77. The van der Waals surface area contributed by atoms with Crippen LogP contribution >= 0.6 is 0 Å². The topological polar surface area (TPSA) is 63.4 Å². The van der Waals surface area contributed by atoms with Crippen molar-refractivity contribution in [3.63, 3.8) is 0 Å². The van der Waals surface area contributed by atoms with Crippen molar-refractivity contribution in [2.45, 2.75) is 44.6 Å². The molecule has 1 saturated heterocycles. The van der Waals surface area contributed by atoms with Gasteiger partial charge in [0.15, 0.2) is 0 Å². The van der Waals surface area contributed by atoms with Crippen LogP contribution in [0.2, 0.25) is 0 Å². The summed E-state index contributed by atoms with van der Waals surface area (Å²) in [5.41, 5.74) is 5.27. The van der Waals surface area contributed by atoms with E-state index >= 15 is 0 Å². The highest BCUT2D eigenvalue weighted by Crippen LogP contribution is 2.31. The molecule has 4 nitrogen and oxygen atoms in total. The Hall–Kier alpha value is -1.06. The molecule has 2 amide bonds. The SMILES string of the molecule is NC(=O)[C@@H]1CCCN1C(=O)CC1CCC1. The van der Waals surface area contributed by atoms with Crippen molar-refractivity contribution in [1.29, 1.82) is 0 Å². The van der Waals surface area contributed by atoms with Gasteiger partial charge in [-0.1, -0.05) is 6.42 Å². The molecule has 0 unspecified atom stereocenters. The third-order valence-corrected chi connectivity index (χ3v) is 3.59. The van der Waals surface area contributed by atoms with Gasteiger partial charge in [-0.05, 0) is 31.6 Å². The zero-order valence-corrected chi connectivity index (χ0v) is 8.95. The maximum atomic E-state index is 11.9. The Morgan fingerprint density at radius 1 is 1.20 bits per heavy atom. The third kappa shape index (κ3) is 2.13. The van der Waals surface area contributed by atoms with E-state index in [0.29, 0.717) is 18.9 Å². The summed E-state index contributed by atoms with van der Waals surface area (Å²) in [6, 6.07) is -0.336. The number of nitrogens with zero attached hydrogens (tertiary/aromatic N) is 1. The van der Waals surface area contributed by atoms with Crippen LogP contribution in [-0.4, -0.2) is 29.3 Å². The van der Waals surface area contributed by atoms with E-state index < -0.39 is 0 Å². The summed E-state index contributed by atoms with van der Waals surface area (Å²) in [6.07, 6.45) is 5.85. The minimum atomic E-state index is -0.352. The van der Waals surface area contributed by atoms with Crippen LogP contribution < -0.4 is 5.73 Å². The Morgan fingerprint density at radius 3 is 2.47 bits per heavy atom. The maximum Gasteiger partial charge on any atom is 0.240 e. The molecule has 0 aromatic rings. The molecule has 1 saturated carbocycles. The molecule has 1 aliphatic carbocycles. The normalized spacial score (nSPS) is 26.4. The fourth-order valence-electron chi connectivity index (χ4n) is 2.42. The van der Waals surface area contributed by atoms with Gasteiger partial charge in [-0.15, -0.1) is 0 Å². The minimum Gasteiger partial charge on any atom is -0.368 e. The molecule has 2 rings (SSSR count). The van der Waals surface area contributed by atoms with Crippen molar-refractivity contribution in [2.24, 2.45) is 11.7 Å². The zero-order chi connectivity index (χ0) is 10.8. The molecule has 0 aromatic heterocycles. The second-order valence-electron chi connectivity index (χ2n) is 4.65. The predicted octanol–water partition coefficient (Wildman–Crippen LogP) is 0.653. The molecule has 1 heterocycles. The van der Waals surface area contributed by atoms with Crippen molar-refractivity contribution in [2.75, 3.05) is 6.54 Å². The van der Waals surface area contributed by atoms with E-state index in [2.05, 4.69) is 0 Å². The van der Waals surface area contributed by atoms with Gasteiger partial charge in [0.1, 0.15) is 6.04 Å². The van der Waals surface area contributed by atoms with Gasteiger partial charge in [0.25, 0.3) is 0 Å². The van der Waals surface area contributed by atoms with E-state index in [1.54, 1.807) is 4.90 Å². The van der Waals surface area contributed by atoms with Gasteiger partial charge >= 0.3 is 0 Å². The van der Waals surface area contributed by atoms with Gasteiger partial charge in [0.05, 0.1) is 0 Å². The Kier molecular flexibility index (Phi) is 2.93. The molecule has 1 aliphatic heterocycles. The highest BCUT2D eigenvalue weighted by molar-refractivity contribution is 5.87. The summed E-state index contributed by atoms with van der Waals surface area (Å²) < 4.78 is 0. The molecule has 15 heavy (non-hydrogen) atoms. The Morgan fingerprint density at radius 2 is 1.93 bits per heavy atom. The number of hydrogen-bond donors (Lipinski definition) is 1. The van der Waals surface area contributed by atoms with Crippen LogP contribution in [0.3, 0.4) is 0 Å². The van der Waals surface area contributed by atoms with Crippen LogP contribution in [0.5, 0.6) is 0 Å². The minimum absolute atomic E-state index is 0.126. The highest BCUT2D eigenvalue weighted by Gasteiger charge is 2.34. The van der Waals surface area contributed by atoms with Crippen LogP contribution in [-0.2, 0) is 9.59 Å². The number of rotatable bonds is 3. The second kappa shape index (κ2) is 4.21. The molecule has 0 aromatic carbocycles. The molecule has 2 N–H and O–H groups in total. The summed E-state index contributed by atoms with van der Waals surface area (Å²) in [7, 11) is 0. The fourth-order valence-corrected chi connectivity index (χ4v) is 2.42. The highest BCUT2D eigenvalue weighted by atomic mass is 16.2. The molecule has 0 bridgehead atoms. The van der Waals surface area contributed by atoms with Gasteiger partial charge in [-0.3, -0.25) is 9.59 Å². The Balaban J connectivity index is 1.90. The molecule has 84 valence electrons. The summed E-state index contributed by atoms with van der Waals surface area (Å²) in [6.45, 7) is 0.708. The smallest absolute Gasteiger partial charge is 0.240 e. The fraction of sp³-hybridized carbons (Fsp3) is 0.818. The summed E-state index contributed by atoms with van der Waals surface area (Å²) in [5.74, 6) is 0.335. The van der Waals surface area contributed by atoms with Crippen molar-refractivity contribution in [1.82, 2.24) is 4.90 Å². The number of carbonyl (C=O) groups excluding carboxylic acids is 2. The largest absolute Gasteiger partial charge is 0.368 e. The molecule has 4 heteroatoms. The summed E-state index contributed by atoms with van der Waals surface area (Å²) in [4.78, 5) is 24.7. The standard InChI is InChI=1S/C11H18N2O2/c12-11(15)9-5-2-6-13(9)10(14)7-8-3-1-4-8/h8-9H,1-7H2,(H2,12,15)/t9-/m0/s1. The van der Waals surface area contributed by atoms with E-state index in [-0.39, 0.29) is 17.9 Å². The summed E-state index contributed by atoms with van der Waals surface area (Å²) in [5, 5.41) is 0.